The highest BCUT2D eigenvalue weighted by atomic mass is 16.4. The minimum Gasteiger partial charge on any atom is -0.480 e. The van der Waals surface area contributed by atoms with Crippen LogP contribution in [0.2, 0.25) is 0 Å². The Morgan fingerprint density at radius 2 is 1.70 bits per heavy atom. The summed E-state index contributed by atoms with van der Waals surface area (Å²) in [6.07, 6.45) is 4.01. The summed E-state index contributed by atoms with van der Waals surface area (Å²) < 4.78 is 0. The van der Waals surface area contributed by atoms with Gasteiger partial charge in [-0.3, -0.25) is 14.4 Å². The van der Waals surface area contributed by atoms with Crippen molar-refractivity contribution in [3.8, 4) is 0 Å². The number of amides is 2. The zero-order chi connectivity index (χ0) is 15.1. The fourth-order valence-electron chi connectivity index (χ4n) is 2.50. The molecule has 6 nitrogen and oxygen atoms in total. The van der Waals surface area contributed by atoms with Gasteiger partial charge in [0.25, 0.3) is 0 Å². The van der Waals surface area contributed by atoms with Gasteiger partial charge in [-0.15, -0.1) is 0 Å². The Morgan fingerprint density at radius 1 is 1.15 bits per heavy atom. The van der Waals surface area contributed by atoms with Crippen LogP contribution >= 0.6 is 0 Å². The predicted molar refractivity (Wildman–Crippen MR) is 74.0 cm³/mol. The first kappa shape index (κ1) is 16.5. The highest BCUT2D eigenvalue weighted by Crippen LogP contribution is 2.30. The minimum atomic E-state index is -1.07. The molecular weight excluding hydrogens is 260 g/mol. The number of hydrogen-bond acceptors (Lipinski definition) is 3. The Labute approximate surface area is 119 Å². The number of carboxylic acid groups (broad SMARTS) is 1. The molecule has 0 aliphatic heterocycles. The first-order valence-corrected chi connectivity index (χ1v) is 7.25. The van der Waals surface area contributed by atoms with E-state index in [1.54, 1.807) is 0 Å². The van der Waals surface area contributed by atoms with Crippen LogP contribution in [0.15, 0.2) is 0 Å². The van der Waals surface area contributed by atoms with Crippen molar-refractivity contribution in [3.05, 3.63) is 0 Å². The third-order valence-corrected chi connectivity index (χ3v) is 3.85. The average Bonchev–Trinajstić information content (AvgIpc) is 2.44. The molecule has 1 saturated carbocycles. The van der Waals surface area contributed by atoms with Gasteiger partial charge >= 0.3 is 5.97 Å². The number of carbonyl (C=O) groups excluding carboxylic acids is 2. The summed E-state index contributed by atoms with van der Waals surface area (Å²) in [5.74, 6) is -2.24. The van der Waals surface area contributed by atoms with Crippen LogP contribution in [0, 0.1) is 11.8 Å². The van der Waals surface area contributed by atoms with E-state index in [2.05, 4.69) is 10.6 Å². The fraction of sp³-hybridized carbons (Fsp3) is 0.786. The molecule has 0 radical (unpaired) electrons. The molecule has 1 fully saturated rings. The van der Waals surface area contributed by atoms with Crippen molar-refractivity contribution in [2.75, 3.05) is 6.54 Å². The van der Waals surface area contributed by atoms with Crippen LogP contribution in [0.4, 0.5) is 0 Å². The van der Waals surface area contributed by atoms with Crippen molar-refractivity contribution in [1.29, 1.82) is 0 Å². The molecule has 1 aliphatic rings. The van der Waals surface area contributed by atoms with Gasteiger partial charge in [-0.2, -0.15) is 0 Å². The number of carbonyl (C=O) groups is 3. The third kappa shape index (κ3) is 4.83. The zero-order valence-electron chi connectivity index (χ0n) is 12.1. The smallest absolute Gasteiger partial charge is 0.322 e. The van der Waals surface area contributed by atoms with Crippen LogP contribution in [-0.4, -0.2) is 35.5 Å². The summed E-state index contributed by atoms with van der Waals surface area (Å²) in [6.45, 7) is 3.53. The molecule has 1 aliphatic carbocycles. The van der Waals surface area contributed by atoms with E-state index in [0.717, 1.165) is 19.3 Å². The van der Waals surface area contributed by atoms with Gasteiger partial charge in [0.05, 0.1) is 0 Å². The van der Waals surface area contributed by atoms with Crippen molar-refractivity contribution >= 4 is 17.8 Å². The standard InChI is InChI=1S/C14H24N2O4/c1-3-9(2)16-14(20)11-7-5-4-6-10(11)13(19)15-8-12(17)18/h9-11H,3-8H2,1-2H3,(H,15,19)(H,16,20)(H,17,18). The number of rotatable bonds is 6. The molecule has 0 heterocycles. The minimum absolute atomic E-state index is 0.0884. The molecule has 2 amide bonds. The normalized spacial score (nSPS) is 23.7. The number of hydrogen-bond donors (Lipinski definition) is 3. The van der Waals surface area contributed by atoms with Crippen LogP contribution in [0.1, 0.15) is 46.0 Å². The van der Waals surface area contributed by atoms with Gasteiger partial charge in [-0.05, 0) is 26.2 Å². The molecule has 0 saturated heterocycles. The third-order valence-electron chi connectivity index (χ3n) is 3.85. The Kier molecular flexibility index (Phi) is 6.48. The maximum Gasteiger partial charge on any atom is 0.322 e. The maximum atomic E-state index is 12.2. The molecule has 0 spiro atoms. The van der Waals surface area contributed by atoms with Crippen molar-refractivity contribution < 1.29 is 19.5 Å². The average molecular weight is 284 g/mol. The van der Waals surface area contributed by atoms with E-state index < -0.39 is 18.4 Å². The summed E-state index contributed by atoms with van der Waals surface area (Å²) in [6, 6.07) is 0.0900. The molecule has 3 unspecified atom stereocenters. The van der Waals surface area contributed by atoms with Gasteiger partial charge < -0.3 is 15.7 Å². The fourth-order valence-corrected chi connectivity index (χ4v) is 2.50. The molecule has 0 aromatic rings. The Morgan fingerprint density at radius 3 is 2.20 bits per heavy atom. The molecule has 20 heavy (non-hydrogen) atoms. The first-order valence-electron chi connectivity index (χ1n) is 7.25. The molecule has 3 N–H and O–H groups in total. The second-order valence-electron chi connectivity index (χ2n) is 5.43. The predicted octanol–water partition coefficient (Wildman–Crippen LogP) is 0.908. The van der Waals surface area contributed by atoms with E-state index in [-0.39, 0.29) is 23.8 Å². The quantitative estimate of drug-likeness (QED) is 0.675. The molecule has 0 bridgehead atoms. The molecular formula is C14H24N2O4. The molecule has 0 aromatic heterocycles. The maximum absolute atomic E-state index is 12.2. The topological polar surface area (TPSA) is 95.5 Å². The summed E-state index contributed by atoms with van der Waals surface area (Å²) in [7, 11) is 0. The van der Waals surface area contributed by atoms with Gasteiger partial charge in [0, 0.05) is 17.9 Å². The molecule has 114 valence electrons. The zero-order valence-corrected chi connectivity index (χ0v) is 12.1. The lowest BCUT2D eigenvalue weighted by Gasteiger charge is -2.30. The first-order chi connectivity index (χ1) is 9.45. The Bertz CT molecular complexity index is 370. The van der Waals surface area contributed by atoms with Gasteiger partial charge in [0.1, 0.15) is 6.54 Å². The van der Waals surface area contributed by atoms with Crippen LogP contribution in [0.25, 0.3) is 0 Å². The second kappa shape index (κ2) is 7.87. The number of carboxylic acids is 1. The molecule has 3 atom stereocenters. The van der Waals surface area contributed by atoms with Gasteiger partial charge in [0.2, 0.25) is 11.8 Å². The van der Waals surface area contributed by atoms with Crippen molar-refractivity contribution in [2.45, 2.75) is 52.0 Å². The molecule has 1 rings (SSSR count). The summed E-state index contributed by atoms with van der Waals surface area (Å²) in [5, 5.41) is 13.9. The van der Waals surface area contributed by atoms with E-state index in [9.17, 15) is 14.4 Å². The van der Waals surface area contributed by atoms with E-state index in [1.807, 2.05) is 13.8 Å². The van der Waals surface area contributed by atoms with Gasteiger partial charge in [-0.1, -0.05) is 19.8 Å². The lowest BCUT2D eigenvalue weighted by Crippen LogP contribution is -2.46. The van der Waals surface area contributed by atoms with E-state index in [1.165, 1.54) is 0 Å². The Hall–Kier alpha value is -1.59. The van der Waals surface area contributed by atoms with E-state index in [0.29, 0.717) is 12.8 Å². The monoisotopic (exact) mass is 284 g/mol. The van der Waals surface area contributed by atoms with Gasteiger partial charge in [-0.25, -0.2) is 0 Å². The Balaban J connectivity index is 2.63. The van der Waals surface area contributed by atoms with Crippen LogP contribution in [0.3, 0.4) is 0 Å². The molecule has 0 aromatic carbocycles. The highest BCUT2D eigenvalue weighted by molar-refractivity contribution is 5.89. The molecule has 6 heteroatoms. The van der Waals surface area contributed by atoms with Crippen LogP contribution < -0.4 is 10.6 Å². The number of nitrogens with one attached hydrogen (secondary N) is 2. The van der Waals surface area contributed by atoms with Crippen molar-refractivity contribution in [1.82, 2.24) is 10.6 Å². The lowest BCUT2D eigenvalue weighted by atomic mass is 9.78. The SMILES string of the molecule is CCC(C)NC(=O)C1CCCCC1C(=O)NCC(=O)O. The van der Waals surface area contributed by atoms with Crippen molar-refractivity contribution in [3.63, 3.8) is 0 Å². The summed E-state index contributed by atoms with van der Waals surface area (Å²) in [5.41, 5.74) is 0. The largest absolute Gasteiger partial charge is 0.480 e. The van der Waals surface area contributed by atoms with E-state index >= 15 is 0 Å². The van der Waals surface area contributed by atoms with Crippen LogP contribution in [0.5, 0.6) is 0 Å². The lowest BCUT2D eigenvalue weighted by molar-refractivity contribution is -0.140. The number of aliphatic carboxylic acids is 1. The van der Waals surface area contributed by atoms with Gasteiger partial charge in [0.15, 0.2) is 0 Å². The summed E-state index contributed by atoms with van der Waals surface area (Å²) in [4.78, 5) is 34.7. The highest BCUT2D eigenvalue weighted by Gasteiger charge is 2.35. The van der Waals surface area contributed by atoms with E-state index in [4.69, 9.17) is 5.11 Å². The summed E-state index contributed by atoms with van der Waals surface area (Å²) >= 11 is 0. The van der Waals surface area contributed by atoms with Crippen molar-refractivity contribution in [2.24, 2.45) is 11.8 Å². The second-order valence-corrected chi connectivity index (χ2v) is 5.43. The van der Waals surface area contributed by atoms with Crippen LogP contribution in [-0.2, 0) is 14.4 Å².